The standard InChI is InChI=1S/C11H9NO5/c1-6-5-8(16-2)11-9(10(6)12(14)15)7(13)3-4-17-11/h3-5H,1-2H3. The van der Waals surface area contributed by atoms with Gasteiger partial charge in [-0.25, -0.2) is 0 Å². The van der Waals surface area contributed by atoms with Crippen molar-refractivity contribution in [2.75, 3.05) is 7.11 Å². The van der Waals surface area contributed by atoms with Crippen LogP contribution in [0.2, 0.25) is 0 Å². The van der Waals surface area contributed by atoms with Crippen LogP contribution >= 0.6 is 0 Å². The number of rotatable bonds is 2. The summed E-state index contributed by atoms with van der Waals surface area (Å²) in [6.45, 7) is 1.55. The molecular weight excluding hydrogens is 226 g/mol. The van der Waals surface area contributed by atoms with Crippen LogP contribution in [0.15, 0.2) is 27.6 Å². The van der Waals surface area contributed by atoms with Gasteiger partial charge in [-0.05, 0) is 13.0 Å². The Morgan fingerprint density at radius 2 is 2.18 bits per heavy atom. The Hall–Kier alpha value is -2.37. The van der Waals surface area contributed by atoms with Crippen LogP contribution in [0.4, 0.5) is 5.69 Å². The highest BCUT2D eigenvalue weighted by molar-refractivity contribution is 5.92. The van der Waals surface area contributed by atoms with Crippen LogP contribution in [0.1, 0.15) is 5.56 Å². The molecule has 0 bridgehead atoms. The van der Waals surface area contributed by atoms with Crippen LogP contribution in [0.25, 0.3) is 11.0 Å². The number of nitro benzene ring substituents is 1. The molecule has 0 amide bonds. The van der Waals surface area contributed by atoms with Gasteiger partial charge in [-0.1, -0.05) is 0 Å². The van der Waals surface area contributed by atoms with Crippen molar-refractivity contribution in [3.8, 4) is 5.75 Å². The first-order valence-electron chi connectivity index (χ1n) is 4.79. The fourth-order valence-electron chi connectivity index (χ4n) is 1.74. The van der Waals surface area contributed by atoms with Gasteiger partial charge in [0, 0.05) is 11.6 Å². The minimum Gasteiger partial charge on any atom is -0.493 e. The smallest absolute Gasteiger partial charge is 0.287 e. The largest absolute Gasteiger partial charge is 0.493 e. The van der Waals surface area contributed by atoms with Gasteiger partial charge >= 0.3 is 0 Å². The summed E-state index contributed by atoms with van der Waals surface area (Å²) in [7, 11) is 1.41. The van der Waals surface area contributed by atoms with E-state index in [0.717, 1.165) is 6.07 Å². The number of ether oxygens (including phenoxy) is 1. The molecule has 0 aliphatic rings. The highest BCUT2D eigenvalue weighted by Gasteiger charge is 2.23. The van der Waals surface area contributed by atoms with Gasteiger partial charge < -0.3 is 9.15 Å². The van der Waals surface area contributed by atoms with Gasteiger partial charge in [0.1, 0.15) is 5.39 Å². The first kappa shape index (κ1) is 11.1. The molecule has 6 nitrogen and oxygen atoms in total. The molecule has 1 aromatic carbocycles. The summed E-state index contributed by atoms with van der Waals surface area (Å²) in [6.07, 6.45) is 1.19. The van der Waals surface area contributed by atoms with E-state index in [0.29, 0.717) is 11.3 Å². The van der Waals surface area contributed by atoms with Gasteiger partial charge in [0.15, 0.2) is 16.8 Å². The molecule has 88 valence electrons. The lowest BCUT2D eigenvalue weighted by Crippen LogP contribution is -2.05. The summed E-state index contributed by atoms with van der Waals surface area (Å²) in [5.74, 6) is 0.306. The van der Waals surface area contributed by atoms with Gasteiger partial charge in [-0.2, -0.15) is 0 Å². The maximum Gasteiger partial charge on any atom is 0.287 e. The van der Waals surface area contributed by atoms with Gasteiger partial charge in [-0.15, -0.1) is 0 Å². The van der Waals surface area contributed by atoms with Crippen molar-refractivity contribution in [2.45, 2.75) is 6.92 Å². The zero-order valence-electron chi connectivity index (χ0n) is 9.22. The van der Waals surface area contributed by atoms with Crippen molar-refractivity contribution < 1.29 is 14.1 Å². The summed E-state index contributed by atoms with van der Waals surface area (Å²) < 4.78 is 10.2. The lowest BCUT2D eigenvalue weighted by Gasteiger charge is -2.06. The van der Waals surface area contributed by atoms with Gasteiger partial charge in [-0.3, -0.25) is 14.9 Å². The summed E-state index contributed by atoms with van der Waals surface area (Å²) in [5.41, 5.74) is -0.245. The molecule has 0 radical (unpaired) electrons. The molecule has 17 heavy (non-hydrogen) atoms. The molecule has 0 aliphatic heterocycles. The fraction of sp³-hybridized carbons (Fsp3) is 0.182. The Bertz CT molecular complexity index is 659. The Balaban J connectivity index is 3.06. The predicted octanol–water partition coefficient (Wildman–Crippen LogP) is 2.02. The summed E-state index contributed by atoms with van der Waals surface area (Å²) in [5, 5.41) is 10.9. The Kier molecular flexibility index (Phi) is 2.55. The van der Waals surface area contributed by atoms with Crippen molar-refractivity contribution in [3.63, 3.8) is 0 Å². The van der Waals surface area contributed by atoms with Gasteiger partial charge in [0.05, 0.1) is 18.3 Å². The topological polar surface area (TPSA) is 82.6 Å². The van der Waals surface area contributed by atoms with E-state index in [2.05, 4.69) is 0 Å². The summed E-state index contributed by atoms with van der Waals surface area (Å²) in [4.78, 5) is 22.1. The molecule has 2 aromatic rings. The van der Waals surface area contributed by atoms with Crippen LogP contribution < -0.4 is 10.2 Å². The molecule has 0 unspecified atom stereocenters. The van der Waals surface area contributed by atoms with E-state index < -0.39 is 10.4 Å². The molecule has 0 spiro atoms. The summed E-state index contributed by atoms with van der Waals surface area (Å²) in [6, 6.07) is 2.62. The number of aryl methyl sites for hydroxylation is 1. The van der Waals surface area contributed by atoms with Crippen LogP contribution in [-0.2, 0) is 0 Å². The number of benzene rings is 1. The van der Waals surface area contributed by atoms with Crippen molar-refractivity contribution in [1.82, 2.24) is 0 Å². The van der Waals surface area contributed by atoms with Crippen molar-refractivity contribution in [3.05, 3.63) is 44.3 Å². The van der Waals surface area contributed by atoms with Crippen LogP contribution in [0, 0.1) is 17.0 Å². The number of hydrogen-bond acceptors (Lipinski definition) is 5. The van der Waals surface area contributed by atoms with E-state index in [1.807, 2.05) is 0 Å². The molecule has 2 rings (SSSR count). The molecule has 0 aliphatic carbocycles. The zero-order chi connectivity index (χ0) is 12.6. The molecule has 1 heterocycles. The molecule has 0 saturated heterocycles. The van der Waals surface area contributed by atoms with Crippen molar-refractivity contribution in [1.29, 1.82) is 0 Å². The van der Waals surface area contributed by atoms with E-state index >= 15 is 0 Å². The fourth-order valence-corrected chi connectivity index (χ4v) is 1.74. The second-order valence-electron chi connectivity index (χ2n) is 3.49. The highest BCUT2D eigenvalue weighted by Crippen LogP contribution is 2.33. The lowest BCUT2D eigenvalue weighted by atomic mass is 10.1. The normalized spacial score (nSPS) is 10.5. The van der Waals surface area contributed by atoms with E-state index in [1.165, 1.54) is 19.4 Å². The quantitative estimate of drug-likeness (QED) is 0.587. The molecule has 0 N–H and O–H groups in total. The van der Waals surface area contributed by atoms with E-state index in [4.69, 9.17) is 9.15 Å². The third-order valence-electron chi connectivity index (χ3n) is 2.46. The van der Waals surface area contributed by atoms with E-state index in [1.54, 1.807) is 6.92 Å². The molecular formula is C11H9NO5. The maximum absolute atomic E-state index is 11.7. The Morgan fingerprint density at radius 1 is 1.47 bits per heavy atom. The van der Waals surface area contributed by atoms with Gasteiger partial charge in [0.2, 0.25) is 0 Å². The highest BCUT2D eigenvalue weighted by atomic mass is 16.6. The lowest BCUT2D eigenvalue weighted by molar-refractivity contribution is -0.383. The van der Waals surface area contributed by atoms with Gasteiger partial charge in [0.25, 0.3) is 5.69 Å². The molecule has 0 fully saturated rings. The van der Waals surface area contributed by atoms with E-state index in [-0.39, 0.29) is 16.7 Å². The maximum atomic E-state index is 11.7. The molecule has 0 saturated carbocycles. The first-order chi connectivity index (χ1) is 8.06. The summed E-state index contributed by atoms with van der Waals surface area (Å²) >= 11 is 0. The second-order valence-corrected chi connectivity index (χ2v) is 3.49. The molecule has 1 aromatic heterocycles. The number of nitrogens with zero attached hydrogens (tertiary/aromatic N) is 1. The van der Waals surface area contributed by atoms with Crippen LogP contribution in [0.5, 0.6) is 5.75 Å². The number of nitro groups is 1. The minimum atomic E-state index is -0.589. The Labute approximate surface area is 95.6 Å². The van der Waals surface area contributed by atoms with Crippen LogP contribution in [0.3, 0.4) is 0 Å². The zero-order valence-corrected chi connectivity index (χ0v) is 9.22. The average molecular weight is 235 g/mol. The first-order valence-corrected chi connectivity index (χ1v) is 4.79. The second kappa shape index (κ2) is 3.89. The SMILES string of the molecule is COc1cc(C)c([N+](=O)[O-])c2c(=O)ccoc12. The molecule has 0 atom stereocenters. The number of methoxy groups -OCH3 is 1. The minimum absolute atomic E-state index is 0.0608. The number of fused-ring (bicyclic) bond motifs is 1. The predicted molar refractivity (Wildman–Crippen MR) is 60.4 cm³/mol. The molecule has 6 heteroatoms. The van der Waals surface area contributed by atoms with Crippen molar-refractivity contribution in [2.24, 2.45) is 0 Å². The average Bonchev–Trinajstić information content (AvgIpc) is 2.28. The third kappa shape index (κ3) is 1.63. The monoisotopic (exact) mass is 235 g/mol. The Morgan fingerprint density at radius 3 is 2.76 bits per heavy atom. The van der Waals surface area contributed by atoms with Crippen LogP contribution in [-0.4, -0.2) is 12.0 Å². The third-order valence-corrected chi connectivity index (χ3v) is 2.46. The van der Waals surface area contributed by atoms with E-state index in [9.17, 15) is 14.9 Å². The van der Waals surface area contributed by atoms with Crippen molar-refractivity contribution >= 4 is 16.7 Å². The number of hydrogen-bond donors (Lipinski definition) is 0.